The van der Waals surface area contributed by atoms with Gasteiger partial charge >= 0.3 is 12.4 Å². The average Bonchev–Trinajstić information content (AvgIpc) is 3.18. The summed E-state index contributed by atoms with van der Waals surface area (Å²) in [6, 6.07) is 26.2. The molecule has 298 valence electrons. The number of carbonyl (C=O) groups excluding carboxylic acids is 2. The Morgan fingerprint density at radius 3 is 2.07 bits per heavy atom. The van der Waals surface area contributed by atoms with Crippen LogP contribution in [0.1, 0.15) is 31.8 Å². The number of benzene rings is 5. The third-order valence-electron chi connectivity index (χ3n) is 9.01. The molecule has 3 N–H and O–H groups in total. The van der Waals surface area contributed by atoms with Crippen molar-refractivity contribution >= 4 is 45.0 Å². The molecular weight excluding hydrogens is 795 g/mol. The summed E-state index contributed by atoms with van der Waals surface area (Å²) >= 11 is 1.44. The molecule has 1 aliphatic heterocycles. The van der Waals surface area contributed by atoms with Gasteiger partial charge in [-0.15, -0.1) is 11.8 Å². The highest BCUT2D eigenvalue weighted by Crippen LogP contribution is 2.37. The first kappa shape index (κ1) is 41.0. The summed E-state index contributed by atoms with van der Waals surface area (Å²) < 4.78 is 111. The highest BCUT2D eigenvalue weighted by atomic mass is 32.2. The predicted octanol–water partition coefficient (Wildman–Crippen LogP) is 8.38. The van der Waals surface area contributed by atoms with Crippen molar-refractivity contribution in [2.45, 2.75) is 22.1 Å². The van der Waals surface area contributed by atoms with Crippen molar-refractivity contribution in [3.8, 4) is 16.9 Å². The van der Waals surface area contributed by atoms with Gasteiger partial charge in [0, 0.05) is 65.9 Å². The molecule has 17 heteroatoms. The number of hydrogen-bond acceptors (Lipinski definition) is 8. The molecule has 0 spiro atoms. The Balaban J connectivity index is 1.07. The number of nitrogens with zero attached hydrogens (tertiary/aromatic N) is 2. The van der Waals surface area contributed by atoms with Gasteiger partial charge in [0.15, 0.2) is 0 Å². The van der Waals surface area contributed by atoms with Crippen molar-refractivity contribution in [1.82, 2.24) is 9.62 Å². The number of amides is 2. The molecule has 5 aromatic carbocycles. The molecule has 1 heterocycles. The number of phenols is 1. The zero-order valence-electron chi connectivity index (χ0n) is 29.8. The van der Waals surface area contributed by atoms with Crippen LogP contribution in [0.5, 0.6) is 5.75 Å². The fourth-order valence-electron chi connectivity index (χ4n) is 6.13. The first-order valence-corrected chi connectivity index (χ1v) is 19.8. The first-order chi connectivity index (χ1) is 27.0. The van der Waals surface area contributed by atoms with Crippen LogP contribution < -0.4 is 14.9 Å². The largest absolute Gasteiger partial charge is 0.508 e. The van der Waals surface area contributed by atoms with Crippen LogP contribution in [0.25, 0.3) is 11.1 Å². The van der Waals surface area contributed by atoms with Crippen LogP contribution in [0.2, 0.25) is 0 Å². The van der Waals surface area contributed by atoms with Gasteiger partial charge in [-0.3, -0.25) is 9.59 Å². The van der Waals surface area contributed by atoms with Gasteiger partial charge in [-0.2, -0.15) is 26.3 Å². The van der Waals surface area contributed by atoms with E-state index in [-0.39, 0.29) is 60.9 Å². The number of rotatable bonds is 11. The molecule has 1 saturated heterocycles. The van der Waals surface area contributed by atoms with E-state index in [4.69, 9.17) is 0 Å². The van der Waals surface area contributed by atoms with Crippen molar-refractivity contribution < 1.29 is 49.5 Å². The van der Waals surface area contributed by atoms with E-state index >= 15 is 0 Å². The maximum absolute atomic E-state index is 14.0. The third kappa shape index (κ3) is 10.2. The highest BCUT2D eigenvalue weighted by molar-refractivity contribution is 7.99. The van der Waals surface area contributed by atoms with Gasteiger partial charge in [-0.25, -0.2) is 13.1 Å². The molecule has 0 unspecified atom stereocenters. The van der Waals surface area contributed by atoms with Crippen LogP contribution in [0.3, 0.4) is 0 Å². The summed E-state index contributed by atoms with van der Waals surface area (Å²) in [5.74, 6) is -1.38. The van der Waals surface area contributed by atoms with Gasteiger partial charge in [0.05, 0.1) is 16.0 Å². The summed E-state index contributed by atoms with van der Waals surface area (Å²) in [5, 5.41) is 12.6. The highest BCUT2D eigenvalue weighted by Gasteiger charge is 2.36. The van der Waals surface area contributed by atoms with E-state index in [1.807, 2.05) is 40.0 Å². The van der Waals surface area contributed by atoms with Crippen molar-refractivity contribution in [1.29, 1.82) is 0 Å². The maximum Gasteiger partial charge on any atom is 0.418 e. The summed E-state index contributed by atoms with van der Waals surface area (Å²) in [5.41, 5.74) is -1.77. The Bertz CT molecular complexity index is 2350. The van der Waals surface area contributed by atoms with E-state index in [9.17, 15) is 49.5 Å². The van der Waals surface area contributed by atoms with E-state index in [0.717, 1.165) is 29.2 Å². The molecule has 6 rings (SSSR count). The third-order valence-corrected chi connectivity index (χ3v) is 11.4. The van der Waals surface area contributed by atoms with E-state index in [1.54, 1.807) is 0 Å². The minimum absolute atomic E-state index is 0.0894. The number of phenolic OH excluding ortho intramolecular Hbond substituents is 1. The molecule has 57 heavy (non-hydrogen) atoms. The number of sulfonamides is 1. The molecule has 0 aliphatic carbocycles. The van der Waals surface area contributed by atoms with Crippen LogP contribution >= 0.6 is 11.8 Å². The molecule has 2 amide bonds. The van der Waals surface area contributed by atoms with Gasteiger partial charge in [0.2, 0.25) is 0 Å². The first-order valence-electron chi connectivity index (χ1n) is 17.3. The van der Waals surface area contributed by atoms with Gasteiger partial charge in [-0.05, 0) is 96.1 Å². The number of aromatic hydroxyl groups is 1. The summed E-state index contributed by atoms with van der Waals surface area (Å²) in [7, 11) is -4.72. The molecule has 9 nitrogen and oxygen atoms in total. The standard InChI is InChI=1S/C40H34F6N4O5S2/c41-39(42,43)30-22-28(27-5-4-6-32(51)24-27)21-29(23-30)38(53)50-18-16-49(17-19-50)31-11-9-26(10-12-31)37(52)48-57(54,55)34-13-14-36(35(25-34)40(44,45)46)47-15-20-56-33-7-2-1-3-8-33/h1-14,21-25,47,51H,15-20H2,(H,48,52). The van der Waals surface area contributed by atoms with E-state index in [0.29, 0.717) is 23.1 Å². The second-order valence-corrected chi connectivity index (χ2v) is 15.8. The Morgan fingerprint density at radius 2 is 1.42 bits per heavy atom. The second kappa shape index (κ2) is 16.8. The summed E-state index contributed by atoms with van der Waals surface area (Å²) in [6.45, 7) is 1.03. The van der Waals surface area contributed by atoms with Gasteiger partial charge in [0.1, 0.15) is 5.75 Å². The number of piperazine rings is 1. The van der Waals surface area contributed by atoms with Crippen LogP contribution in [-0.4, -0.2) is 68.7 Å². The lowest BCUT2D eigenvalue weighted by Gasteiger charge is -2.36. The quantitative estimate of drug-likeness (QED) is 0.0691. The Hall–Kier alpha value is -5.68. The second-order valence-electron chi connectivity index (χ2n) is 12.9. The number of hydrogen-bond donors (Lipinski definition) is 3. The number of carbonyl (C=O) groups is 2. The summed E-state index contributed by atoms with van der Waals surface area (Å²) in [4.78, 5) is 29.9. The minimum Gasteiger partial charge on any atom is -0.508 e. The lowest BCUT2D eigenvalue weighted by molar-refractivity contribution is -0.138. The van der Waals surface area contributed by atoms with Crippen LogP contribution in [0.4, 0.5) is 37.7 Å². The molecule has 5 aromatic rings. The number of thioether (sulfide) groups is 1. The van der Waals surface area contributed by atoms with Crippen molar-refractivity contribution in [3.63, 3.8) is 0 Å². The number of nitrogens with one attached hydrogen (secondary N) is 2. The normalized spacial score (nSPS) is 13.6. The van der Waals surface area contributed by atoms with E-state index < -0.39 is 50.2 Å². The molecule has 0 atom stereocenters. The molecule has 1 fully saturated rings. The molecule has 1 aliphatic rings. The molecule has 0 saturated carbocycles. The fourth-order valence-corrected chi connectivity index (χ4v) is 7.92. The van der Waals surface area contributed by atoms with E-state index in [1.165, 1.54) is 71.3 Å². The molecular formula is C40H34F6N4O5S2. The van der Waals surface area contributed by atoms with Crippen molar-refractivity contribution in [2.75, 3.05) is 48.7 Å². The Kier molecular flexibility index (Phi) is 12.1. The lowest BCUT2D eigenvalue weighted by Crippen LogP contribution is -2.48. The zero-order chi connectivity index (χ0) is 41.0. The minimum atomic E-state index is -4.89. The number of halogens is 6. The SMILES string of the molecule is O=C(NS(=O)(=O)c1ccc(NCCSc2ccccc2)c(C(F)(F)F)c1)c1ccc(N2CCN(C(=O)c3cc(-c4cccc(O)c4)cc(C(F)(F)F)c3)CC2)cc1. The molecule has 0 aromatic heterocycles. The molecule has 0 bridgehead atoms. The van der Waals surface area contributed by atoms with E-state index in [2.05, 4.69) is 5.32 Å². The van der Waals surface area contributed by atoms with Crippen molar-refractivity contribution in [3.05, 3.63) is 138 Å². The number of anilines is 2. The number of alkyl halides is 6. The van der Waals surface area contributed by atoms with Gasteiger partial charge < -0.3 is 20.2 Å². The monoisotopic (exact) mass is 828 g/mol. The van der Waals surface area contributed by atoms with Gasteiger partial charge in [0.25, 0.3) is 21.8 Å². The topological polar surface area (TPSA) is 119 Å². The van der Waals surface area contributed by atoms with Gasteiger partial charge in [-0.1, -0.05) is 30.3 Å². The predicted molar refractivity (Wildman–Crippen MR) is 205 cm³/mol. The Labute approximate surface area is 328 Å². The lowest BCUT2D eigenvalue weighted by atomic mass is 9.98. The fraction of sp³-hybridized carbons (Fsp3) is 0.200. The maximum atomic E-state index is 14.0. The van der Waals surface area contributed by atoms with Crippen molar-refractivity contribution in [2.24, 2.45) is 0 Å². The Morgan fingerprint density at radius 1 is 0.719 bits per heavy atom. The van der Waals surface area contributed by atoms with Crippen LogP contribution in [0, 0.1) is 0 Å². The zero-order valence-corrected chi connectivity index (χ0v) is 31.4. The smallest absolute Gasteiger partial charge is 0.418 e. The summed E-state index contributed by atoms with van der Waals surface area (Å²) in [6.07, 6.45) is -9.62. The average molecular weight is 829 g/mol. The van der Waals surface area contributed by atoms with Crippen LogP contribution in [-0.2, 0) is 22.4 Å². The molecule has 0 radical (unpaired) electrons. The van der Waals surface area contributed by atoms with Crippen LogP contribution in [0.15, 0.2) is 125 Å².